The maximum atomic E-state index is 12.3. The lowest BCUT2D eigenvalue weighted by Crippen LogP contribution is -2.44. The zero-order valence-electron chi connectivity index (χ0n) is 11.5. The SMILES string of the molecule is C[C@H](C(=O)NCc1cccs1)N1CCc2ccccc21. The summed E-state index contributed by atoms with van der Waals surface area (Å²) in [5, 5.41) is 5.05. The van der Waals surface area contributed by atoms with Gasteiger partial charge in [-0.15, -0.1) is 11.3 Å². The Bertz CT molecular complexity index is 594. The summed E-state index contributed by atoms with van der Waals surface area (Å²) in [7, 11) is 0. The Labute approximate surface area is 123 Å². The van der Waals surface area contributed by atoms with Crippen LogP contribution in [0.2, 0.25) is 0 Å². The van der Waals surface area contributed by atoms with Crippen LogP contribution in [0.5, 0.6) is 0 Å². The van der Waals surface area contributed by atoms with E-state index in [-0.39, 0.29) is 11.9 Å². The van der Waals surface area contributed by atoms with E-state index in [1.807, 2.05) is 30.5 Å². The number of carbonyl (C=O) groups excluding carboxylic acids is 1. The van der Waals surface area contributed by atoms with Gasteiger partial charge < -0.3 is 10.2 Å². The molecule has 1 atom stereocenters. The van der Waals surface area contributed by atoms with Crippen molar-refractivity contribution in [1.82, 2.24) is 5.32 Å². The van der Waals surface area contributed by atoms with Crippen LogP contribution in [0.15, 0.2) is 41.8 Å². The van der Waals surface area contributed by atoms with Gasteiger partial charge in [-0.25, -0.2) is 0 Å². The maximum Gasteiger partial charge on any atom is 0.242 e. The van der Waals surface area contributed by atoms with Crippen molar-refractivity contribution in [2.75, 3.05) is 11.4 Å². The van der Waals surface area contributed by atoms with Crippen LogP contribution in [-0.2, 0) is 17.8 Å². The fraction of sp³-hybridized carbons (Fsp3) is 0.312. The molecule has 1 aliphatic heterocycles. The Kier molecular flexibility index (Phi) is 3.74. The number of amides is 1. The first-order valence-corrected chi connectivity index (χ1v) is 7.78. The van der Waals surface area contributed by atoms with Gasteiger partial charge in [-0.1, -0.05) is 24.3 Å². The van der Waals surface area contributed by atoms with Gasteiger partial charge >= 0.3 is 0 Å². The number of rotatable bonds is 4. The van der Waals surface area contributed by atoms with Crippen LogP contribution in [0.4, 0.5) is 5.69 Å². The summed E-state index contributed by atoms with van der Waals surface area (Å²) in [5.41, 5.74) is 2.54. The summed E-state index contributed by atoms with van der Waals surface area (Å²) in [6.45, 7) is 3.52. The van der Waals surface area contributed by atoms with E-state index in [0.717, 1.165) is 13.0 Å². The second-order valence-electron chi connectivity index (χ2n) is 5.05. The molecule has 0 spiro atoms. The molecule has 2 heterocycles. The monoisotopic (exact) mass is 286 g/mol. The third-order valence-corrected chi connectivity index (χ3v) is 4.66. The molecule has 2 aromatic rings. The molecular weight excluding hydrogens is 268 g/mol. The molecule has 0 saturated heterocycles. The maximum absolute atomic E-state index is 12.3. The quantitative estimate of drug-likeness (QED) is 0.937. The Hall–Kier alpha value is -1.81. The van der Waals surface area contributed by atoms with E-state index >= 15 is 0 Å². The molecule has 0 saturated carbocycles. The molecular formula is C16H18N2OS. The van der Waals surface area contributed by atoms with E-state index in [1.165, 1.54) is 16.1 Å². The van der Waals surface area contributed by atoms with Crippen molar-refractivity contribution in [3.63, 3.8) is 0 Å². The predicted molar refractivity (Wildman–Crippen MR) is 83.1 cm³/mol. The van der Waals surface area contributed by atoms with Crippen molar-refractivity contribution in [3.05, 3.63) is 52.2 Å². The first-order chi connectivity index (χ1) is 9.75. The van der Waals surface area contributed by atoms with Crippen molar-refractivity contribution in [1.29, 1.82) is 0 Å². The molecule has 0 fully saturated rings. The first-order valence-electron chi connectivity index (χ1n) is 6.90. The molecule has 1 aromatic heterocycles. The molecule has 0 radical (unpaired) electrons. The summed E-state index contributed by atoms with van der Waals surface area (Å²) < 4.78 is 0. The van der Waals surface area contributed by atoms with Crippen molar-refractivity contribution >= 4 is 22.9 Å². The lowest BCUT2D eigenvalue weighted by atomic mass is 10.1. The Morgan fingerprint density at radius 2 is 2.20 bits per heavy atom. The molecule has 20 heavy (non-hydrogen) atoms. The highest BCUT2D eigenvalue weighted by atomic mass is 32.1. The Morgan fingerprint density at radius 1 is 1.35 bits per heavy atom. The second-order valence-corrected chi connectivity index (χ2v) is 6.08. The smallest absolute Gasteiger partial charge is 0.242 e. The predicted octanol–water partition coefficient (Wildman–Crippen LogP) is 2.82. The third kappa shape index (κ3) is 2.56. The fourth-order valence-corrected chi connectivity index (χ4v) is 3.29. The van der Waals surface area contributed by atoms with Gasteiger partial charge in [-0.05, 0) is 36.4 Å². The van der Waals surface area contributed by atoms with Gasteiger partial charge in [-0.3, -0.25) is 4.79 Å². The van der Waals surface area contributed by atoms with Crippen molar-refractivity contribution in [2.24, 2.45) is 0 Å². The van der Waals surface area contributed by atoms with E-state index in [2.05, 4.69) is 28.4 Å². The molecule has 1 N–H and O–H groups in total. The molecule has 1 aromatic carbocycles. The topological polar surface area (TPSA) is 32.3 Å². The second kappa shape index (κ2) is 5.67. The van der Waals surface area contributed by atoms with E-state index in [9.17, 15) is 4.79 Å². The third-order valence-electron chi connectivity index (χ3n) is 3.79. The number of nitrogens with zero attached hydrogens (tertiary/aromatic N) is 1. The number of para-hydroxylation sites is 1. The Balaban J connectivity index is 1.64. The average molecular weight is 286 g/mol. The molecule has 1 aliphatic rings. The lowest BCUT2D eigenvalue weighted by Gasteiger charge is -2.26. The molecule has 3 rings (SSSR count). The lowest BCUT2D eigenvalue weighted by molar-refractivity contribution is -0.122. The molecule has 0 aliphatic carbocycles. The molecule has 104 valence electrons. The minimum Gasteiger partial charge on any atom is -0.359 e. The fourth-order valence-electron chi connectivity index (χ4n) is 2.64. The number of hydrogen-bond acceptors (Lipinski definition) is 3. The number of fused-ring (bicyclic) bond motifs is 1. The van der Waals surface area contributed by atoms with Gasteiger partial charge in [0.2, 0.25) is 5.91 Å². The Morgan fingerprint density at radius 3 is 3.00 bits per heavy atom. The number of anilines is 1. The highest BCUT2D eigenvalue weighted by molar-refractivity contribution is 7.09. The number of carbonyl (C=O) groups is 1. The number of thiophene rings is 1. The summed E-state index contributed by atoms with van der Waals surface area (Å²) >= 11 is 1.67. The van der Waals surface area contributed by atoms with Gasteiger partial charge in [0.25, 0.3) is 0 Å². The zero-order chi connectivity index (χ0) is 13.9. The standard InChI is InChI=1S/C16H18N2OS/c1-12(16(19)17-11-14-6-4-10-20-14)18-9-8-13-5-2-3-7-15(13)18/h2-7,10,12H,8-9,11H2,1H3,(H,17,19)/t12-/m1/s1. The van der Waals surface area contributed by atoms with Crippen LogP contribution >= 0.6 is 11.3 Å². The van der Waals surface area contributed by atoms with Gasteiger partial charge in [0, 0.05) is 17.1 Å². The number of benzene rings is 1. The van der Waals surface area contributed by atoms with E-state index < -0.39 is 0 Å². The molecule has 3 nitrogen and oxygen atoms in total. The van der Waals surface area contributed by atoms with Crippen LogP contribution in [0.25, 0.3) is 0 Å². The molecule has 1 amide bonds. The molecule has 0 bridgehead atoms. The molecule has 4 heteroatoms. The largest absolute Gasteiger partial charge is 0.359 e. The van der Waals surface area contributed by atoms with Crippen LogP contribution in [-0.4, -0.2) is 18.5 Å². The van der Waals surface area contributed by atoms with Crippen molar-refractivity contribution in [2.45, 2.75) is 25.9 Å². The van der Waals surface area contributed by atoms with Crippen LogP contribution in [0, 0.1) is 0 Å². The van der Waals surface area contributed by atoms with Gasteiger partial charge in [0.05, 0.1) is 6.54 Å². The highest BCUT2D eigenvalue weighted by Gasteiger charge is 2.27. The van der Waals surface area contributed by atoms with Crippen LogP contribution in [0.3, 0.4) is 0 Å². The summed E-state index contributed by atoms with van der Waals surface area (Å²) in [6, 6.07) is 12.3. The first kappa shape index (κ1) is 13.2. The number of nitrogens with one attached hydrogen (secondary N) is 1. The van der Waals surface area contributed by atoms with Gasteiger partial charge in [0.1, 0.15) is 6.04 Å². The normalized spacial score (nSPS) is 14.9. The summed E-state index contributed by atoms with van der Waals surface area (Å²) in [6.07, 6.45) is 1.03. The van der Waals surface area contributed by atoms with Crippen LogP contribution < -0.4 is 10.2 Å². The van der Waals surface area contributed by atoms with Gasteiger partial charge in [-0.2, -0.15) is 0 Å². The zero-order valence-corrected chi connectivity index (χ0v) is 12.3. The van der Waals surface area contributed by atoms with Gasteiger partial charge in [0.15, 0.2) is 0 Å². The molecule has 0 unspecified atom stereocenters. The summed E-state index contributed by atoms with van der Waals surface area (Å²) in [5.74, 6) is 0.0927. The highest BCUT2D eigenvalue weighted by Crippen LogP contribution is 2.29. The van der Waals surface area contributed by atoms with Crippen LogP contribution in [0.1, 0.15) is 17.4 Å². The average Bonchev–Trinajstić information content (AvgIpc) is 3.13. The minimum atomic E-state index is -0.126. The van der Waals surface area contributed by atoms with E-state index in [4.69, 9.17) is 0 Å². The van der Waals surface area contributed by atoms with Crippen molar-refractivity contribution in [3.8, 4) is 0 Å². The van der Waals surface area contributed by atoms with E-state index in [1.54, 1.807) is 11.3 Å². The minimum absolute atomic E-state index is 0.0927. The number of hydrogen-bond donors (Lipinski definition) is 1. The van der Waals surface area contributed by atoms with E-state index in [0.29, 0.717) is 6.54 Å². The van der Waals surface area contributed by atoms with Crippen molar-refractivity contribution < 1.29 is 4.79 Å². The summed E-state index contributed by atoms with van der Waals surface area (Å²) in [4.78, 5) is 15.7.